The maximum Gasteiger partial charge on any atom is 0.525 e. The zero-order valence-electron chi connectivity index (χ0n) is 13.2. The largest absolute Gasteiger partial charge is 0.525 e. The van der Waals surface area contributed by atoms with Crippen molar-refractivity contribution >= 4 is 13.0 Å². The van der Waals surface area contributed by atoms with E-state index in [9.17, 15) is 9.18 Å². The van der Waals surface area contributed by atoms with Gasteiger partial charge in [-0.3, -0.25) is 4.79 Å². The first-order valence-corrected chi connectivity index (χ1v) is 7.74. The van der Waals surface area contributed by atoms with E-state index in [1.807, 2.05) is 32.6 Å². The molecule has 2 saturated heterocycles. The molecule has 2 aliphatic heterocycles. The van der Waals surface area contributed by atoms with Gasteiger partial charge in [0.25, 0.3) is 0 Å². The molecule has 3 rings (SSSR count). The van der Waals surface area contributed by atoms with Crippen molar-refractivity contribution in [3.8, 4) is 0 Å². The molecule has 0 radical (unpaired) electrons. The number of amides is 1. The monoisotopic (exact) mass is 295 g/mol. The summed E-state index contributed by atoms with van der Waals surface area (Å²) in [6.45, 7) is 8.47. The number of carbonyl (C=O) groups is 1. The van der Waals surface area contributed by atoms with E-state index in [1.54, 1.807) is 0 Å². The van der Waals surface area contributed by atoms with Crippen molar-refractivity contribution in [2.24, 2.45) is 0 Å². The molecule has 0 aromatic heterocycles. The number of rotatable bonds is 2. The van der Waals surface area contributed by atoms with Gasteiger partial charge in [0.1, 0.15) is 5.73 Å². The Kier molecular flexibility index (Phi) is 3.45. The molecule has 0 aromatic carbocycles. The Morgan fingerprint density at radius 1 is 1.24 bits per heavy atom. The van der Waals surface area contributed by atoms with Crippen molar-refractivity contribution in [1.29, 1.82) is 0 Å². The van der Waals surface area contributed by atoms with Gasteiger partial charge in [0.2, 0.25) is 5.91 Å². The average Bonchev–Trinajstić information content (AvgIpc) is 2.80. The van der Waals surface area contributed by atoms with Crippen molar-refractivity contribution in [2.45, 2.75) is 70.6 Å². The van der Waals surface area contributed by atoms with Crippen LogP contribution in [-0.2, 0) is 14.1 Å². The van der Waals surface area contributed by atoms with Gasteiger partial charge in [0, 0.05) is 19.0 Å². The molecule has 6 heteroatoms. The fourth-order valence-electron chi connectivity index (χ4n) is 3.09. The molecule has 3 aliphatic rings. The number of hydrogen-bond donors (Lipinski definition) is 0. The second-order valence-electron chi connectivity index (χ2n) is 7.29. The SMILES string of the molecule is CC1(C)OB(C(F)=C2CC(N3CCCC3=O)C2)OC1(C)C. The third kappa shape index (κ3) is 2.42. The Balaban J connectivity index is 1.65. The maximum atomic E-state index is 14.5. The number of halogens is 1. The summed E-state index contributed by atoms with van der Waals surface area (Å²) in [6, 6.07) is 0.170. The molecule has 0 aromatic rings. The highest BCUT2D eigenvalue weighted by Crippen LogP contribution is 2.42. The first-order valence-electron chi connectivity index (χ1n) is 7.74. The molecule has 4 nitrogen and oxygen atoms in total. The summed E-state index contributed by atoms with van der Waals surface area (Å²) >= 11 is 0. The molecule has 1 amide bonds. The molecule has 116 valence electrons. The molecule has 21 heavy (non-hydrogen) atoms. The fourth-order valence-corrected chi connectivity index (χ4v) is 3.09. The van der Waals surface area contributed by atoms with E-state index < -0.39 is 18.3 Å². The Labute approximate surface area is 125 Å². The predicted molar refractivity (Wildman–Crippen MR) is 78.2 cm³/mol. The van der Waals surface area contributed by atoms with Crippen LogP contribution in [0.3, 0.4) is 0 Å². The second-order valence-corrected chi connectivity index (χ2v) is 7.29. The molecule has 0 unspecified atom stereocenters. The van der Waals surface area contributed by atoms with Crippen LogP contribution in [0.15, 0.2) is 11.3 Å². The lowest BCUT2D eigenvalue weighted by molar-refractivity contribution is -0.130. The van der Waals surface area contributed by atoms with E-state index in [0.29, 0.717) is 19.3 Å². The van der Waals surface area contributed by atoms with Crippen LogP contribution in [0.25, 0.3) is 0 Å². The standard InChI is InChI=1S/C15H23BFNO3/c1-14(2)15(3,4)21-16(20-14)13(17)10-8-11(9-10)18-7-5-6-12(18)19/h11H,5-9H2,1-4H3. The number of likely N-dealkylation sites (tertiary alicyclic amines) is 1. The smallest absolute Gasteiger partial charge is 0.398 e. The molecule has 2 heterocycles. The molecule has 0 N–H and O–H groups in total. The van der Waals surface area contributed by atoms with E-state index >= 15 is 0 Å². The lowest BCUT2D eigenvalue weighted by Gasteiger charge is -2.37. The number of nitrogens with zero attached hydrogens (tertiary/aromatic N) is 1. The summed E-state index contributed by atoms with van der Waals surface area (Å²) in [6.07, 6.45) is 2.78. The van der Waals surface area contributed by atoms with Crippen LogP contribution < -0.4 is 0 Å². The van der Waals surface area contributed by atoms with E-state index in [4.69, 9.17) is 9.31 Å². The van der Waals surface area contributed by atoms with E-state index in [-0.39, 0.29) is 17.7 Å². The molecule has 0 atom stereocenters. The molecular weight excluding hydrogens is 272 g/mol. The highest BCUT2D eigenvalue weighted by molar-refractivity contribution is 6.53. The molecule has 1 saturated carbocycles. The molecule has 1 aliphatic carbocycles. The molecule has 3 fully saturated rings. The fraction of sp³-hybridized carbons (Fsp3) is 0.800. The summed E-state index contributed by atoms with van der Waals surface area (Å²) in [5, 5.41) is 0. The van der Waals surface area contributed by atoms with E-state index in [1.165, 1.54) is 0 Å². The third-order valence-corrected chi connectivity index (χ3v) is 5.31. The van der Waals surface area contributed by atoms with Crippen LogP contribution in [0, 0.1) is 0 Å². The summed E-state index contributed by atoms with van der Waals surface area (Å²) in [5.74, 6) is 0.204. The highest BCUT2D eigenvalue weighted by atomic mass is 19.1. The van der Waals surface area contributed by atoms with Crippen LogP contribution >= 0.6 is 0 Å². The lowest BCUT2D eigenvalue weighted by Crippen LogP contribution is -2.43. The summed E-state index contributed by atoms with van der Waals surface area (Å²) < 4.78 is 26.0. The molecule has 0 spiro atoms. The number of hydrogen-bond acceptors (Lipinski definition) is 3. The first-order chi connectivity index (χ1) is 9.71. The zero-order chi connectivity index (χ0) is 15.4. The van der Waals surface area contributed by atoms with E-state index in [0.717, 1.165) is 18.5 Å². The minimum Gasteiger partial charge on any atom is -0.398 e. The Bertz CT molecular complexity index is 479. The van der Waals surface area contributed by atoms with Crippen molar-refractivity contribution < 1.29 is 18.5 Å². The number of carbonyl (C=O) groups excluding carboxylic acids is 1. The van der Waals surface area contributed by atoms with Gasteiger partial charge in [-0.1, -0.05) is 0 Å². The van der Waals surface area contributed by atoms with Gasteiger partial charge >= 0.3 is 7.12 Å². The van der Waals surface area contributed by atoms with Crippen molar-refractivity contribution in [3.63, 3.8) is 0 Å². The first kappa shape index (κ1) is 15.0. The van der Waals surface area contributed by atoms with Gasteiger partial charge in [-0.25, -0.2) is 4.39 Å². The van der Waals surface area contributed by atoms with Gasteiger partial charge in [-0.05, 0) is 52.5 Å². The van der Waals surface area contributed by atoms with Gasteiger partial charge in [0.05, 0.1) is 11.2 Å². The van der Waals surface area contributed by atoms with Crippen molar-refractivity contribution in [3.05, 3.63) is 11.3 Å². The van der Waals surface area contributed by atoms with Crippen LogP contribution in [0.5, 0.6) is 0 Å². The second kappa shape index (κ2) is 4.81. The van der Waals surface area contributed by atoms with Crippen molar-refractivity contribution in [1.82, 2.24) is 4.90 Å². The van der Waals surface area contributed by atoms with Gasteiger partial charge in [-0.15, -0.1) is 0 Å². The van der Waals surface area contributed by atoms with Gasteiger partial charge in [0.15, 0.2) is 0 Å². The van der Waals surface area contributed by atoms with Crippen LogP contribution in [0.2, 0.25) is 0 Å². The van der Waals surface area contributed by atoms with Crippen LogP contribution in [0.4, 0.5) is 4.39 Å². The average molecular weight is 295 g/mol. The molecule has 0 bridgehead atoms. The van der Waals surface area contributed by atoms with Crippen LogP contribution in [0.1, 0.15) is 53.4 Å². The van der Waals surface area contributed by atoms with E-state index in [2.05, 4.69) is 0 Å². The normalized spacial score (nSPS) is 30.8. The Morgan fingerprint density at radius 2 is 1.81 bits per heavy atom. The predicted octanol–water partition coefficient (Wildman–Crippen LogP) is 2.63. The topological polar surface area (TPSA) is 38.8 Å². The van der Waals surface area contributed by atoms with Gasteiger partial charge < -0.3 is 14.2 Å². The summed E-state index contributed by atoms with van der Waals surface area (Å²) in [7, 11) is -0.903. The Morgan fingerprint density at radius 3 is 2.29 bits per heavy atom. The Hall–Kier alpha value is -0.875. The quantitative estimate of drug-likeness (QED) is 0.735. The minimum atomic E-state index is -0.903. The maximum absolute atomic E-state index is 14.5. The summed E-state index contributed by atoms with van der Waals surface area (Å²) in [5.41, 5.74) is -0.609. The minimum absolute atomic E-state index is 0.170. The third-order valence-electron chi connectivity index (χ3n) is 5.31. The zero-order valence-corrected chi connectivity index (χ0v) is 13.2. The van der Waals surface area contributed by atoms with Gasteiger partial charge in [-0.2, -0.15) is 0 Å². The lowest BCUT2D eigenvalue weighted by atomic mass is 9.75. The van der Waals surface area contributed by atoms with Crippen LogP contribution in [-0.4, -0.2) is 41.7 Å². The summed E-state index contributed by atoms with van der Waals surface area (Å²) in [4.78, 5) is 13.6. The highest BCUT2D eigenvalue weighted by Gasteiger charge is 2.54. The molecular formula is C15H23BFNO3. The van der Waals surface area contributed by atoms with Crippen molar-refractivity contribution in [2.75, 3.05) is 6.54 Å².